The third-order valence-corrected chi connectivity index (χ3v) is 2.03. The molecule has 0 aliphatic heterocycles. The average Bonchev–Trinajstić information content (AvgIpc) is 2.32. The van der Waals surface area contributed by atoms with Crippen molar-refractivity contribution in [1.29, 1.82) is 5.41 Å². The first-order valence-electron chi connectivity index (χ1n) is 6.13. The van der Waals surface area contributed by atoms with Crippen molar-refractivity contribution in [2.45, 2.75) is 41.0 Å². The highest BCUT2D eigenvalue weighted by Gasteiger charge is 2.02. The van der Waals surface area contributed by atoms with Gasteiger partial charge in [0, 0.05) is 5.56 Å². The molecule has 2 heteroatoms. The molecule has 1 rings (SSSR count). The van der Waals surface area contributed by atoms with E-state index in [2.05, 4.69) is 0 Å². The highest BCUT2D eigenvalue weighted by atomic mass is 16.5. The van der Waals surface area contributed by atoms with Crippen LogP contribution in [0.15, 0.2) is 36.1 Å². The fourth-order valence-electron chi connectivity index (χ4n) is 1.34. The van der Waals surface area contributed by atoms with Gasteiger partial charge in [-0.25, -0.2) is 0 Å². The number of benzene rings is 1. The van der Waals surface area contributed by atoms with Gasteiger partial charge < -0.3 is 4.74 Å². The summed E-state index contributed by atoms with van der Waals surface area (Å²) in [6, 6.07) is 7.77. The molecule has 0 atom stereocenters. The Morgan fingerprint density at radius 3 is 2.53 bits per heavy atom. The van der Waals surface area contributed by atoms with Gasteiger partial charge in [0.2, 0.25) is 5.90 Å². The van der Waals surface area contributed by atoms with Gasteiger partial charge in [0.1, 0.15) is 0 Å². The van der Waals surface area contributed by atoms with E-state index in [1.54, 1.807) is 0 Å². The van der Waals surface area contributed by atoms with Gasteiger partial charge in [-0.1, -0.05) is 38.5 Å². The van der Waals surface area contributed by atoms with E-state index in [1.165, 1.54) is 0 Å². The molecule has 0 unspecified atom stereocenters. The first-order chi connectivity index (χ1) is 8.13. The van der Waals surface area contributed by atoms with Crippen LogP contribution in [0.1, 0.15) is 45.2 Å². The Morgan fingerprint density at radius 2 is 2.00 bits per heavy atom. The predicted octanol–water partition coefficient (Wildman–Crippen LogP) is 4.68. The molecule has 0 aliphatic carbocycles. The van der Waals surface area contributed by atoms with Crippen LogP contribution in [0, 0.1) is 12.3 Å². The summed E-state index contributed by atoms with van der Waals surface area (Å²) >= 11 is 0. The fourth-order valence-corrected chi connectivity index (χ4v) is 1.34. The molecule has 0 saturated carbocycles. The molecule has 1 N–H and O–H groups in total. The SMILES string of the molecule is CC.CC/C=C(\C)OC(=N)c1cccc(C)c1. The van der Waals surface area contributed by atoms with Crippen molar-refractivity contribution in [3.8, 4) is 0 Å². The van der Waals surface area contributed by atoms with Crippen LogP contribution in [-0.4, -0.2) is 5.90 Å². The number of hydrogen-bond acceptors (Lipinski definition) is 2. The zero-order valence-electron chi connectivity index (χ0n) is 11.5. The summed E-state index contributed by atoms with van der Waals surface area (Å²) < 4.78 is 5.38. The minimum atomic E-state index is 0.209. The Balaban J connectivity index is 0.00000121. The van der Waals surface area contributed by atoms with Crippen LogP contribution >= 0.6 is 0 Å². The van der Waals surface area contributed by atoms with Gasteiger partial charge >= 0.3 is 0 Å². The molecule has 0 aromatic heterocycles. The van der Waals surface area contributed by atoms with Crippen LogP contribution < -0.4 is 0 Å². The van der Waals surface area contributed by atoms with E-state index in [4.69, 9.17) is 10.1 Å². The number of rotatable bonds is 3. The topological polar surface area (TPSA) is 33.1 Å². The van der Waals surface area contributed by atoms with Crippen molar-refractivity contribution >= 4 is 5.90 Å². The molecule has 0 fully saturated rings. The Labute approximate surface area is 105 Å². The van der Waals surface area contributed by atoms with Crippen molar-refractivity contribution in [1.82, 2.24) is 0 Å². The van der Waals surface area contributed by atoms with Gasteiger partial charge in [0.25, 0.3) is 0 Å². The van der Waals surface area contributed by atoms with E-state index in [-0.39, 0.29) is 5.90 Å². The van der Waals surface area contributed by atoms with Crippen molar-refractivity contribution in [3.63, 3.8) is 0 Å². The Hall–Kier alpha value is -1.57. The lowest BCUT2D eigenvalue weighted by atomic mass is 10.1. The molecule has 2 nitrogen and oxygen atoms in total. The summed E-state index contributed by atoms with van der Waals surface area (Å²) in [4.78, 5) is 0. The Morgan fingerprint density at radius 1 is 1.35 bits per heavy atom. The van der Waals surface area contributed by atoms with Crippen molar-refractivity contribution in [2.75, 3.05) is 0 Å². The third kappa shape index (κ3) is 5.91. The Kier molecular flexibility index (Phi) is 7.78. The molecule has 0 bridgehead atoms. The summed E-state index contributed by atoms with van der Waals surface area (Å²) in [7, 11) is 0. The molecule has 0 saturated heterocycles. The first kappa shape index (κ1) is 15.4. The fraction of sp³-hybridized carbons (Fsp3) is 0.400. The van der Waals surface area contributed by atoms with Crippen LogP contribution in [0.25, 0.3) is 0 Å². The average molecular weight is 233 g/mol. The zero-order chi connectivity index (χ0) is 13.3. The molecule has 1 aromatic rings. The molecule has 94 valence electrons. The largest absolute Gasteiger partial charge is 0.444 e. The molecule has 1 aromatic carbocycles. The van der Waals surface area contributed by atoms with Gasteiger partial charge in [-0.05, 0) is 38.5 Å². The quantitative estimate of drug-likeness (QED) is 0.459. The second kappa shape index (κ2) is 8.57. The van der Waals surface area contributed by atoms with E-state index in [9.17, 15) is 0 Å². The highest BCUT2D eigenvalue weighted by Crippen LogP contribution is 2.08. The first-order valence-corrected chi connectivity index (χ1v) is 6.13. The molecular formula is C15H23NO. The Bertz CT molecular complexity index is 380. The van der Waals surface area contributed by atoms with E-state index in [0.717, 1.165) is 23.3 Å². The van der Waals surface area contributed by atoms with Crippen LogP contribution in [0.2, 0.25) is 0 Å². The van der Waals surface area contributed by atoms with Crippen LogP contribution in [-0.2, 0) is 4.74 Å². The summed E-state index contributed by atoms with van der Waals surface area (Å²) in [5.41, 5.74) is 1.96. The summed E-state index contributed by atoms with van der Waals surface area (Å²) in [6.45, 7) is 9.92. The number of hydrogen-bond donors (Lipinski definition) is 1. The minimum Gasteiger partial charge on any atom is -0.444 e. The lowest BCUT2D eigenvalue weighted by Gasteiger charge is -2.07. The minimum absolute atomic E-state index is 0.209. The second-order valence-electron chi connectivity index (χ2n) is 3.52. The summed E-state index contributed by atoms with van der Waals surface area (Å²) in [5, 5.41) is 7.77. The van der Waals surface area contributed by atoms with E-state index in [1.807, 2.05) is 65.0 Å². The lowest BCUT2D eigenvalue weighted by molar-refractivity contribution is 0.412. The number of nitrogens with one attached hydrogen (secondary N) is 1. The van der Waals surface area contributed by atoms with E-state index < -0.39 is 0 Å². The normalized spacial score (nSPS) is 10.3. The maximum Gasteiger partial charge on any atom is 0.218 e. The van der Waals surface area contributed by atoms with Crippen molar-refractivity contribution in [3.05, 3.63) is 47.2 Å². The monoisotopic (exact) mass is 233 g/mol. The van der Waals surface area contributed by atoms with Gasteiger partial charge in [-0.3, -0.25) is 5.41 Å². The van der Waals surface area contributed by atoms with E-state index in [0.29, 0.717) is 0 Å². The summed E-state index contributed by atoms with van der Waals surface area (Å²) in [5.74, 6) is 0.991. The van der Waals surface area contributed by atoms with Crippen molar-refractivity contribution < 1.29 is 4.74 Å². The molecule has 0 amide bonds. The lowest BCUT2D eigenvalue weighted by Crippen LogP contribution is -2.03. The van der Waals surface area contributed by atoms with Gasteiger partial charge in [0.05, 0.1) is 5.76 Å². The molecule has 17 heavy (non-hydrogen) atoms. The number of aryl methyl sites for hydroxylation is 1. The maximum atomic E-state index is 7.77. The van der Waals surface area contributed by atoms with E-state index >= 15 is 0 Å². The van der Waals surface area contributed by atoms with Crippen LogP contribution in [0.5, 0.6) is 0 Å². The third-order valence-electron chi connectivity index (χ3n) is 2.03. The summed E-state index contributed by atoms with van der Waals surface area (Å²) in [6.07, 6.45) is 2.89. The number of ether oxygens (including phenoxy) is 1. The standard InChI is InChI=1S/C13H17NO.C2H6/c1-4-6-11(3)15-13(14)12-8-5-7-10(2)9-12;1-2/h5-9,14H,4H2,1-3H3;1-2H3/b11-6+,14-13?;. The molecule has 0 heterocycles. The second-order valence-corrected chi connectivity index (χ2v) is 3.52. The predicted molar refractivity (Wildman–Crippen MR) is 74.5 cm³/mol. The van der Waals surface area contributed by atoms with Gasteiger partial charge in [-0.2, -0.15) is 0 Å². The van der Waals surface area contributed by atoms with Crippen molar-refractivity contribution in [2.24, 2.45) is 0 Å². The molecule has 0 spiro atoms. The highest BCUT2D eigenvalue weighted by molar-refractivity contribution is 5.92. The van der Waals surface area contributed by atoms with Crippen LogP contribution in [0.4, 0.5) is 0 Å². The maximum absolute atomic E-state index is 7.77. The number of allylic oxidation sites excluding steroid dienone is 2. The zero-order valence-corrected chi connectivity index (χ0v) is 11.5. The van der Waals surface area contributed by atoms with Gasteiger partial charge in [0.15, 0.2) is 0 Å². The van der Waals surface area contributed by atoms with Crippen LogP contribution in [0.3, 0.4) is 0 Å². The molecule has 0 aliphatic rings. The smallest absolute Gasteiger partial charge is 0.218 e. The van der Waals surface area contributed by atoms with Gasteiger partial charge in [-0.15, -0.1) is 0 Å². The molecule has 0 radical (unpaired) electrons. The molecular weight excluding hydrogens is 210 g/mol.